The van der Waals surface area contributed by atoms with E-state index >= 15 is 0 Å². The fourth-order valence-corrected chi connectivity index (χ4v) is 5.40. The first-order valence-electron chi connectivity index (χ1n) is 12.8. The molecule has 0 bridgehead atoms. The van der Waals surface area contributed by atoms with E-state index in [-0.39, 0.29) is 26.5 Å². The van der Waals surface area contributed by atoms with Crippen LogP contribution >= 0.6 is 0 Å². The minimum atomic E-state index is -1.07. The third-order valence-electron chi connectivity index (χ3n) is 6.50. The number of pyridine rings is 2. The third kappa shape index (κ3) is 6.26. The van der Waals surface area contributed by atoms with Gasteiger partial charge in [-0.1, -0.05) is 106 Å². The van der Waals surface area contributed by atoms with Crippen LogP contribution < -0.4 is 15.4 Å². The number of benzene rings is 2. The zero-order chi connectivity index (χ0) is 26.9. The van der Waals surface area contributed by atoms with Crippen LogP contribution in [0, 0.1) is 0 Å². The molecule has 0 spiro atoms. The van der Waals surface area contributed by atoms with E-state index in [0.29, 0.717) is 0 Å². The molecule has 0 amide bonds. The number of aromatic nitrogens is 6. The van der Waals surface area contributed by atoms with E-state index in [0.717, 1.165) is 50.1 Å². The van der Waals surface area contributed by atoms with Gasteiger partial charge in [0.05, 0.1) is 19.5 Å². The Morgan fingerprint density at radius 2 is 1.41 bits per heavy atom. The molecule has 0 fully saturated rings. The molecule has 200 valence electrons. The minimum absolute atomic E-state index is 0. The molecule has 6 aromatic rings. The number of rotatable bonds is 3. The van der Waals surface area contributed by atoms with E-state index < -0.39 is 8.07 Å². The summed E-state index contributed by atoms with van der Waals surface area (Å²) in [7, 11) is -1.07. The van der Waals surface area contributed by atoms with Crippen LogP contribution in [0.3, 0.4) is 0 Å². The van der Waals surface area contributed by atoms with Crippen LogP contribution in [-0.4, -0.2) is 28.2 Å². The second-order valence-corrected chi connectivity index (χ2v) is 16.6. The Morgan fingerprint density at radius 3 is 2.05 bits per heavy atom. The summed E-state index contributed by atoms with van der Waals surface area (Å²) in [5, 5.41) is 22.2. The molecule has 0 N–H and O–H groups in total. The second kappa shape index (κ2) is 11.4. The van der Waals surface area contributed by atoms with Crippen molar-refractivity contribution in [2.24, 2.45) is 0 Å². The molecule has 0 saturated carbocycles. The number of hydrogen-bond acceptors (Lipinski definition) is 4. The van der Waals surface area contributed by atoms with Crippen molar-refractivity contribution in [2.75, 3.05) is 0 Å². The first-order valence-corrected chi connectivity index (χ1v) is 16.3. The fourth-order valence-electron chi connectivity index (χ4n) is 4.25. The maximum absolute atomic E-state index is 4.95. The van der Waals surface area contributed by atoms with Crippen LogP contribution in [0.1, 0.15) is 26.5 Å². The summed E-state index contributed by atoms with van der Waals surface area (Å²) < 4.78 is 0. The standard InChI is InChI=1S/C23H19N5.C8H13NSi.Pt/c1-23(2,3)20-13-19(26-27-20)21-15-9-5-4-8-14(15)12-18(24-21)22-16-10-6-7-11-17(16)25-28-22;1-10(2,3)8-4-6-9-7-5-8;/h4-13H,1-3H3;4-7H,1-3H3;/q-2;;+2. The van der Waals surface area contributed by atoms with Gasteiger partial charge in [-0.3, -0.25) is 9.97 Å². The van der Waals surface area contributed by atoms with Crippen LogP contribution in [0.25, 0.3) is 44.5 Å². The van der Waals surface area contributed by atoms with Crippen molar-refractivity contribution in [1.29, 1.82) is 0 Å². The maximum Gasteiger partial charge on any atom is 2.00 e. The molecule has 0 aliphatic heterocycles. The van der Waals surface area contributed by atoms with Gasteiger partial charge in [0.1, 0.15) is 0 Å². The van der Waals surface area contributed by atoms with Crippen LogP contribution in [-0.2, 0) is 26.5 Å². The van der Waals surface area contributed by atoms with E-state index in [2.05, 4.69) is 96.1 Å². The summed E-state index contributed by atoms with van der Waals surface area (Å²) in [6.45, 7) is 13.4. The summed E-state index contributed by atoms with van der Waals surface area (Å²) >= 11 is 0. The molecule has 4 heterocycles. The first kappa shape index (κ1) is 28.6. The van der Waals surface area contributed by atoms with E-state index in [4.69, 9.17) is 4.98 Å². The molecule has 4 aromatic heterocycles. The Morgan fingerprint density at radius 1 is 0.744 bits per heavy atom. The third-order valence-corrected chi connectivity index (χ3v) is 8.56. The molecular weight excluding hydrogens is 680 g/mol. The summed E-state index contributed by atoms with van der Waals surface area (Å²) in [4.78, 5) is 8.94. The van der Waals surface area contributed by atoms with Crippen molar-refractivity contribution < 1.29 is 21.1 Å². The molecule has 0 aliphatic carbocycles. The van der Waals surface area contributed by atoms with Crippen LogP contribution in [0.15, 0.2) is 85.2 Å². The molecule has 0 radical (unpaired) electrons. The summed E-state index contributed by atoms with van der Waals surface area (Å²) in [6, 6.07) is 24.5. The van der Waals surface area contributed by atoms with Gasteiger partial charge < -0.3 is 20.4 Å². The molecule has 0 aliphatic rings. The zero-order valence-electron chi connectivity index (χ0n) is 23.1. The quantitative estimate of drug-likeness (QED) is 0.199. The molecule has 6 rings (SSSR count). The van der Waals surface area contributed by atoms with Gasteiger partial charge >= 0.3 is 21.1 Å². The zero-order valence-corrected chi connectivity index (χ0v) is 26.4. The normalized spacial score (nSPS) is 11.6. The van der Waals surface area contributed by atoms with Gasteiger partial charge in [-0.25, -0.2) is 0 Å². The molecule has 0 atom stereocenters. The second-order valence-electron chi connectivity index (χ2n) is 11.5. The topological polar surface area (TPSA) is 79.8 Å². The largest absolute Gasteiger partial charge is 2.00 e. The smallest absolute Gasteiger partial charge is 0.573 e. The molecule has 0 unspecified atom stereocenters. The number of hydrogen-bond donors (Lipinski definition) is 0. The van der Waals surface area contributed by atoms with Crippen molar-refractivity contribution in [1.82, 2.24) is 30.4 Å². The predicted octanol–water partition coefficient (Wildman–Crippen LogP) is 6.35. The van der Waals surface area contributed by atoms with E-state index in [1.165, 1.54) is 5.19 Å². The summed E-state index contributed by atoms with van der Waals surface area (Å²) in [5.74, 6) is 0. The van der Waals surface area contributed by atoms with E-state index in [9.17, 15) is 0 Å². The van der Waals surface area contributed by atoms with E-state index in [1.807, 2.05) is 54.9 Å². The van der Waals surface area contributed by atoms with Gasteiger partial charge in [0.15, 0.2) is 0 Å². The van der Waals surface area contributed by atoms with Gasteiger partial charge in [0.25, 0.3) is 0 Å². The molecular formula is C31H32N6PtSi. The number of fused-ring (bicyclic) bond motifs is 2. The summed E-state index contributed by atoms with van der Waals surface area (Å²) in [5.41, 5.74) is 4.96. The molecule has 8 heteroatoms. The van der Waals surface area contributed by atoms with Gasteiger partial charge in [-0.2, -0.15) is 0 Å². The maximum atomic E-state index is 4.95. The summed E-state index contributed by atoms with van der Waals surface area (Å²) in [6.07, 6.45) is 3.74. The average molecular weight is 712 g/mol. The Hall–Kier alpha value is -3.41. The van der Waals surface area contributed by atoms with Gasteiger partial charge in [0, 0.05) is 34.4 Å². The van der Waals surface area contributed by atoms with Crippen molar-refractivity contribution in [3.05, 3.63) is 90.9 Å². The SMILES string of the molecule is CC(C)(C)c1cc(-c2nc(-c3[n-]nc4ccccc34)cc3ccccc23)[n-]n1.C[Si](C)(C)c1ccncc1.[Pt+2]. The van der Waals surface area contributed by atoms with Crippen molar-refractivity contribution >= 4 is 34.9 Å². The van der Waals surface area contributed by atoms with Gasteiger partial charge in [-0.05, 0) is 35.0 Å². The first-order chi connectivity index (χ1) is 18.1. The van der Waals surface area contributed by atoms with Crippen LogP contribution in [0.5, 0.6) is 0 Å². The van der Waals surface area contributed by atoms with E-state index in [1.54, 1.807) is 0 Å². The van der Waals surface area contributed by atoms with Gasteiger partial charge in [0.2, 0.25) is 0 Å². The molecule has 2 aromatic carbocycles. The minimum Gasteiger partial charge on any atom is -0.573 e. The van der Waals surface area contributed by atoms with Crippen LogP contribution in [0.2, 0.25) is 19.6 Å². The van der Waals surface area contributed by atoms with Crippen molar-refractivity contribution in [2.45, 2.75) is 45.8 Å². The Bertz CT molecular complexity index is 1690. The Balaban J connectivity index is 0.000000273. The van der Waals surface area contributed by atoms with Crippen LogP contribution in [0.4, 0.5) is 0 Å². The molecule has 0 saturated heterocycles. The van der Waals surface area contributed by atoms with Crippen molar-refractivity contribution in [3.8, 4) is 22.8 Å². The van der Waals surface area contributed by atoms with Crippen molar-refractivity contribution in [3.63, 3.8) is 0 Å². The molecule has 39 heavy (non-hydrogen) atoms. The monoisotopic (exact) mass is 711 g/mol. The average Bonchev–Trinajstić information content (AvgIpc) is 3.57. The molecule has 6 nitrogen and oxygen atoms in total. The fraction of sp³-hybridized carbons (Fsp3) is 0.226. The Labute approximate surface area is 245 Å². The Kier molecular flexibility index (Phi) is 8.33. The van der Waals surface area contributed by atoms with Gasteiger partial charge in [-0.15, -0.1) is 0 Å². The number of nitrogens with zero attached hydrogens (tertiary/aromatic N) is 6. The predicted molar refractivity (Wildman–Crippen MR) is 158 cm³/mol.